The van der Waals surface area contributed by atoms with Gasteiger partial charge in [-0.2, -0.15) is 5.10 Å². The third-order valence-electron chi connectivity index (χ3n) is 1.71. The molecule has 0 spiro atoms. The van der Waals surface area contributed by atoms with Gasteiger partial charge >= 0.3 is 0 Å². The second-order valence-corrected chi connectivity index (χ2v) is 3.20. The molecule has 0 aliphatic carbocycles. The van der Waals surface area contributed by atoms with E-state index >= 15 is 0 Å². The minimum Gasteiger partial charge on any atom is -0.323 e. The number of hydrazone groups is 1. The molecular weight excluding hydrogens is 216 g/mol. The Hall–Kier alpha value is -1.59. The zero-order valence-corrected chi connectivity index (χ0v) is 8.86. The van der Waals surface area contributed by atoms with E-state index in [4.69, 9.17) is 22.7 Å². The van der Waals surface area contributed by atoms with E-state index in [1.807, 2.05) is 5.48 Å². The van der Waals surface area contributed by atoms with Crippen molar-refractivity contribution in [1.29, 1.82) is 0 Å². The van der Waals surface area contributed by atoms with Crippen LogP contribution < -0.4 is 11.3 Å². The fraction of sp³-hybridized carbons (Fsp3) is 0.111. The minimum absolute atomic E-state index is 0.194. The zero-order valence-electron chi connectivity index (χ0n) is 8.11. The molecule has 1 aromatic carbocycles. The molecule has 0 bridgehead atoms. The second-order valence-electron chi connectivity index (χ2n) is 2.76. The predicted molar refractivity (Wildman–Crippen MR) is 60.8 cm³/mol. The molecule has 5 nitrogen and oxygen atoms in total. The van der Waals surface area contributed by atoms with Crippen molar-refractivity contribution in [2.24, 2.45) is 15.9 Å². The van der Waals surface area contributed by atoms with Gasteiger partial charge < -0.3 is 5.84 Å². The topological polar surface area (TPSA) is 83.0 Å². The van der Waals surface area contributed by atoms with Crippen LogP contribution in [0.3, 0.4) is 0 Å². The summed E-state index contributed by atoms with van der Waals surface area (Å²) in [4.78, 5) is 4.08. The van der Waals surface area contributed by atoms with Crippen LogP contribution >= 0.6 is 11.6 Å². The Morgan fingerprint density at radius 3 is 2.47 bits per heavy atom. The zero-order chi connectivity index (χ0) is 11.3. The molecule has 80 valence electrons. The number of aliphatic imine (C=N–C) groups is 1. The van der Waals surface area contributed by atoms with Crippen LogP contribution in [0.1, 0.15) is 6.92 Å². The van der Waals surface area contributed by atoms with Crippen molar-refractivity contribution in [1.82, 2.24) is 5.48 Å². The number of benzene rings is 1. The van der Waals surface area contributed by atoms with Gasteiger partial charge in [0.25, 0.3) is 0 Å². The molecule has 0 aliphatic heterocycles. The highest BCUT2D eigenvalue weighted by Gasteiger charge is 2.01. The summed E-state index contributed by atoms with van der Waals surface area (Å²) in [6.45, 7) is 1.62. The monoisotopic (exact) mass is 226 g/mol. The van der Waals surface area contributed by atoms with Crippen molar-refractivity contribution in [2.75, 3.05) is 0 Å². The van der Waals surface area contributed by atoms with Crippen molar-refractivity contribution in [3.05, 3.63) is 29.3 Å². The molecule has 1 aromatic rings. The number of rotatable bonds is 2. The number of nitrogens with zero attached hydrogens (tertiary/aromatic N) is 2. The smallest absolute Gasteiger partial charge is 0.173 e. The fourth-order valence-corrected chi connectivity index (χ4v) is 1.02. The average molecular weight is 227 g/mol. The van der Waals surface area contributed by atoms with Crippen LogP contribution in [0.2, 0.25) is 5.02 Å². The van der Waals surface area contributed by atoms with Crippen LogP contribution in [-0.4, -0.2) is 16.8 Å². The summed E-state index contributed by atoms with van der Waals surface area (Å²) in [5.74, 6) is 5.26. The SMILES string of the molecule is C/C(=N\N)C(=Nc1ccc(Cl)cc1)NO. The first-order valence-electron chi connectivity index (χ1n) is 4.16. The van der Waals surface area contributed by atoms with Crippen molar-refractivity contribution < 1.29 is 5.21 Å². The lowest BCUT2D eigenvalue weighted by atomic mass is 10.3. The van der Waals surface area contributed by atoms with Gasteiger partial charge in [-0.3, -0.25) is 10.7 Å². The van der Waals surface area contributed by atoms with Gasteiger partial charge in [0, 0.05) is 5.02 Å². The first kappa shape index (κ1) is 11.5. The van der Waals surface area contributed by atoms with Crippen molar-refractivity contribution in [3.8, 4) is 0 Å². The maximum atomic E-state index is 8.80. The van der Waals surface area contributed by atoms with Gasteiger partial charge in [0.2, 0.25) is 0 Å². The first-order chi connectivity index (χ1) is 7.17. The lowest BCUT2D eigenvalue weighted by molar-refractivity contribution is 0.236. The van der Waals surface area contributed by atoms with Gasteiger partial charge in [0.05, 0.1) is 5.69 Å². The van der Waals surface area contributed by atoms with Gasteiger partial charge in [-0.1, -0.05) is 11.6 Å². The predicted octanol–water partition coefficient (Wildman–Crippen LogP) is 1.68. The van der Waals surface area contributed by atoms with Gasteiger partial charge in [-0.25, -0.2) is 4.99 Å². The van der Waals surface area contributed by atoms with E-state index < -0.39 is 0 Å². The lowest BCUT2D eigenvalue weighted by Gasteiger charge is -2.02. The van der Waals surface area contributed by atoms with Gasteiger partial charge in [0.15, 0.2) is 5.84 Å². The molecule has 0 radical (unpaired) electrons. The number of nitrogens with one attached hydrogen (secondary N) is 1. The number of hydroxylamine groups is 1. The standard InChI is InChI=1S/C9H11ClN4O/c1-6(13-11)9(14-15)12-8-4-2-7(10)3-5-8/h2-5,15H,11H2,1H3,(H,12,14)/b13-6+. The summed E-state index contributed by atoms with van der Waals surface area (Å²) in [5.41, 5.74) is 2.96. The Morgan fingerprint density at radius 2 is 2.00 bits per heavy atom. The van der Waals surface area contributed by atoms with E-state index in [-0.39, 0.29) is 5.84 Å². The first-order valence-corrected chi connectivity index (χ1v) is 4.54. The highest BCUT2D eigenvalue weighted by molar-refractivity contribution is 6.40. The minimum atomic E-state index is 0.194. The Balaban J connectivity index is 2.98. The molecule has 0 heterocycles. The molecule has 0 fully saturated rings. The number of amidine groups is 1. The lowest BCUT2D eigenvalue weighted by Crippen LogP contribution is -2.27. The third-order valence-corrected chi connectivity index (χ3v) is 1.96. The maximum absolute atomic E-state index is 8.80. The summed E-state index contributed by atoms with van der Waals surface area (Å²) in [6, 6.07) is 6.82. The van der Waals surface area contributed by atoms with Gasteiger partial charge in [-0.15, -0.1) is 0 Å². The molecule has 4 N–H and O–H groups in total. The van der Waals surface area contributed by atoms with Gasteiger partial charge in [-0.05, 0) is 31.2 Å². The molecule has 15 heavy (non-hydrogen) atoms. The molecule has 6 heteroatoms. The largest absolute Gasteiger partial charge is 0.323 e. The number of nitrogens with two attached hydrogens (primary N) is 1. The molecular formula is C9H11ClN4O. The van der Waals surface area contributed by atoms with Crippen molar-refractivity contribution in [3.63, 3.8) is 0 Å². The van der Waals surface area contributed by atoms with Crippen LogP contribution in [0.15, 0.2) is 34.4 Å². The van der Waals surface area contributed by atoms with E-state index in [9.17, 15) is 0 Å². The average Bonchev–Trinajstić information content (AvgIpc) is 2.27. The summed E-state index contributed by atoms with van der Waals surface area (Å²) < 4.78 is 0. The Kier molecular flexibility index (Phi) is 4.08. The number of hydrogen-bond donors (Lipinski definition) is 3. The van der Waals surface area contributed by atoms with Crippen molar-refractivity contribution in [2.45, 2.75) is 6.92 Å². The maximum Gasteiger partial charge on any atom is 0.173 e. The van der Waals surface area contributed by atoms with E-state index in [2.05, 4.69) is 10.1 Å². The second kappa shape index (κ2) is 5.33. The Morgan fingerprint density at radius 1 is 1.40 bits per heavy atom. The summed E-state index contributed by atoms with van der Waals surface area (Å²) in [7, 11) is 0. The van der Waals surface area contributed by atoms with Crippen LogP contribution in [0.4, 0.5) is 5.69 Å². The number of hydrogen-bond acceptors (Lipinski definition) is 4. The van der Waals surface area contributed by atoms with E-state index in [1.54, 1.807) is 31.2 Å². The molecule has 1 rings (SSSR count). The molecule has 0 aliphatic rings. The van der Waals surface area contributed by atoms with Crippen LogP contribution in [0.5, 0.6) is 0 Å². The Bertz CT molecular complexity index is 386. The van der Waals surface area contributed by atoms with Crippen LogP contribution in [0.25, 0.3) is 0 Å². The normalized spacial score (nSPS) is 12.7. The van der Waals surface area contributed by atoms with Crippen LogP contribution in [0, 0.1) is 0 Å². The van der Waals surface area contributed by atoms with E-state index in [1.165, 1.54) is 0 Å². The van der Waals surface area contributed by atoms with E-state index in [0.29, 0.717) is 16.4 Å². The highest BCUT2D eigenvalue weighted by atomic mass is 35.5. The molecule has 0 atom stereocenters. The summed E-state index contributed by atoms with van der Waals surface area (Å²) in [6.07, 6.45) is 0. The molecule has 0 amide bonds. The fourth-order valence-electron chi connectivity index (χ4n) is 0.893. The summed E-state index contributed by atoms with van der Waals surface area (Å²) >= 11 is 5.71. The number of halogens is 1. The highest BCUT2D eigenvalue weighted by Crippen LogP contribution is 2.16. The van der Waals surface area contributed by atoms with Crippen LogP contribution in [-0.2, 0) is 0 Å². The Labute approximate surface area is 92.2 Å². The third kappa shape index (κ3) is 3.23. The molecule has 0 saturated carbocycles. The summed E-state index contributed by atoms with van der Waals surface area (Å²) in [5, 5.41) is 12.8. The molecule has 0 saturated heterocycles. The van der Waals surface area contributed by atoms with Gasteiger partial charge in [0.1, 0.15) is 5.71 Å². The van der Waals surface area contributed by atoms with E-state index in [0.717, 1.165) is 0 Å². The molecule has 0 aromatic heterocycles. The molecule has 0 unspecified atom stereocenters. The van der Waals surface area contributed by atoms with Crippen molar-refractivity contribution >= 4 is 28.8 Å². The quantitative estimate of drug-likeness (QED) is 0.311.